The van der Waals surface area contributed by atoms with E-state index in [1.807, 2.05) is 30.3 Å². The number of nitrogens with zero attached hydrogens (tertiary/aromatic N) is 1. The van der Waals surface area contributed by atoms with Gasteiger partial charge in [0.25, 0.3) is 0 Å². The molecule has 0 aliphatic carbocycles. The predicted octanol–water partition coefficient (Wildman–Crippen LogP) is 3.90. The van der Waals surface area contributed by atoms with Crippen molar-refractivity contribution in [2.24, 2.45) is 0 Å². The number of nitrogens with one attached hydrogen (secondary N) is 2. The van der Waals surface area contributed by atoms with Gasteiger partial charge in [0.15, 0.2) is 0 Å². The zero-order valence-corrected chi connectivity index (χ0v) is 15.2. The van der Waals surface area contributed by atoms with Crippen LogP contribution in [0.4, 0.5) is 10.5 Å². The number of hydrogen-bond donors (Lipinski definition) is 2. The zero-order valence-electron chi connectivity index (χ0n) is 13.5. The second-order valence-corrected chi connectivity index (χ2v) is 5.90. The third-order valence-corrected chi connectivity index (χ3v) is 3.14. The first-order valence-corrected chi connectivity index (χ1v) is 7.28. The van der Waals surface area contributed by atoms with Crippen LogP contribution in [0.3, 0.4) is 0 Å². The second-order valence-electron chi connectivity index (χ2n) is 5.90. The van der Waals surface area contributed by atoms with E-state index in [2.05, 4.69) is 43.2 Å². The SMILES string of the molecule is Br.CCCN(CCNC(=O)Nc1ccccc1)C(C)(C)C. The van der Waals surface area contributed by atoms with Crippen LogP contribution in [-0.2, 0) is 0 Å². The Morgan fingerprint density at radius 3 is 2.29 bits per heavy atom. The van der Waals surface area contributed by atoms with Crippen LogP contribution >= 0.6 is 17.0 Å². The van der Waals surface area contributed by atoms with E-state index in [9.17, 15) is 4.79 Å². The van der Waals surface area contributed by atoms with Crippen molar-refractivity contribution in [3.63, 3.8) is 0 Å². The Morgan fingerprint density at radius 2 is 1.76 bits per heavy atom. The van der Waals surface area contributed by atoms with Crippen LogP contribution in [0.1, 0.15) is 34.1 Å². The molecule has 0 radical (unpaired) electrons. The molecule has 120 valence electrons. The number of benzene rings is 1. The maximum Gasteiger partial charge on any atom is 0.319 e. The van der Waals surface area contributed by atoms with Crippen molar-refractivity contribution < 1.29 is 4.79 Å². The normalized spacial score (nSPS) is 10.9. The van der Waals surface area contributed by atoms with Gasteiger partial charge in [0, 0.05) is 24.3 Å². The topological polar surface area (TPSA) is 44.4 Å². The van der Waals surface area contributed by atoms with E-state index < -0.39 is 0 Å². The molecule has 2 N–H and O–H groups in total. The van der Waals surface area contributed by atoms with Crippen molar-refractivity contribution in [1.82, 2.24) is 10.2 Å². The number of carbonyl (C=O) groups is 1. The fraction of sp³-hybridized carbons (Fsp3) is 0.562. The van der Waals surface area contributed by atoms with E-state index in [1.165, 1.54) is 0 Å². The molecule has 0 fully saturated rings. The van der Waals surface area contributed by atoms with Gasteiger partial charge in [-0.05, 0) is 45.9 Å². The lowest BCUT2D eigenvalue weighted by Gasteiger charge is -2.35. The first kappa shape index (κ1) is 19.9. The van der Waals surface area contributed by atoms with Crippen molar-refractivity contribution in [1.29, 1.82) is 0 Å². The number of urea groups is 1. The summed E-state index contributed by atoms with van der Waals surface area (Å²) in [5.74, 6) is 0. The van der Waals surface area contributed by atoms with E-state index in [0.717, 1.165) is 25.2 Å². The van der Waals surface area contributed by atoms with Crippen molar-refractivity contribution in [3.05, 3.63) is 30.3 Å². The van der Waals surface area contributed by atoms with Gasteiger partial charge < -0.3 is 10.6 Å². The second kappa shape index (κ2) is 9.79. The molecule has 0 atom stereocenters. The average molecular weight is 358 g/mol. The highest BCUT2D eigenvalue weighted by Crippen LogP contribution is 2.12. The smallest absolute Gasteiger partial charge is 0.319 e. The van der Waals surface area contributed by atoms with Crippen LogP contribution in [-0.4, -0.2) is 36.1 Å². The van der Waals surface area contributed by atoms with Crippen LogP contribution in [0.25, 0.3) is 0 Å². The summed E-state index contributed by atoms with van der Waals surface area (Å²) >= 11 is 0. The first-order valence-electron chi connectivity index (χ1n) is 7.28. The van der Waals surface area contributed by atoms with Crippen molar-refractivity contribution in [2.75, 3.05) is 25.0 Å². The van der Waals surface area contributed by atoms with Crippen molar-refractivity contribution >= 4 is 28.7 Å². The van der Waals surface area contributed by atoms with E-state index >= 15 is 0 Å². The number of hydrogen-bond acceptors (Lipinski definition) is 2. The molecule has 1 aromatic carbocycles. The van der Waals surface area contributed by atoms with Crippen LogP contribution < -0.4 is 10.6 Å². The van der Waals surface area contributed by atoms with E-state index in [0.29, 0.717) is 6.54 Å². The number of carbonyl (C=O) groups excluding carboxylic acids is 1. The number of rotatable bonds is 6. The minimum atomic E-state index is -0.151. The van der Waals surface area contributed by atoms with Gasteiger partial charge in [-0.25, -0.2) is 4.79 Å². The predicted molar refractivity (Wildman–Crippen MR) is 95.4 cm³/mol. The summed E-state index contributed by atoms with van der Waals surface area (Å²) in [6, 6.07) is 9.32. The Kier molecular flexibility index (Phi) is 9.29. The molecule has 0 aliphatic rings. The summed E-state index contributed by atoms with van der Waals surface area (Å²) in [7, 11) is 0. The van der Waals surface area contributed by atoms with Gasteiger partial charge in [-0.3, -0.25) is 4.90 Å². The van der Waals surface area contributed by atoms with E-state index in [1.54, 1.807) is 0 Å². The number of halogens is 1. The fourth-order valence-corrected chi connectivity index (χ4v) is 2.05. The first-order chi connectivity index (χ1) is 9.43. The summed E-state index contributed by atoms with van der Waals surface area (Å²) in [6.45, 7) is 11.3. The van der Waals surface area contributed by atoms with E-state index in [4.69, 9.17) is 0 Å². The van der Waals surface area contributed by atoms with Gasteiger partial charge in [0.2, 0.25) is 0 Å². The molecule has 0 unspecified atom stereocenters. The third-order valence-electron chi connectivity index (χ3n) is 3.14. The molecule has 5 heteroatoms. The lowest BCUT2D eigenvalue weighted by Crippen LogP contribution is -2.46. The minimum absolute atomic E-state index is 0. The summed E-state index contributed by atoms with van der Waals surface area (Å²) in [5.41, 5.74) is 0.944. The Morgan fingerprint density at radius 1 is 1.14 bits per heavy atom. The summed E-state index contributed by atoms with van der Waals surface area (Å²) in [6.07, 6.45) is 1.12. The molecular weight excluding hydrogens is 330 g/mol. The lowest BCUT2D eigenvalue weighted by molar-refractivity contribution is 0.138. The molecular formula is C16H28BrN3O. The Labute approximate surface area is 139 Å². The minimum Gasteiger partial charge on any atom is -0.337 e. The number of anilines is 1. The van der Waals surface area contributed by atoms with Crippen LogP contribution in [0, 0.1) is 0 Å². The monoisotopic (exact) mass is 357 g/mol. The Hall–Kier alpha value is -1.07. The summed E-state index contributed by atoms with van der Waals surface area (Å²) in [5, 5.41) is 5.72. The van der Waals surface area contributed by atoms with Gasteiger partial charge in [0.05, 0.1) is 0 Å². The Balaban J connectivity index is 0.00000400. The van der Waals surface area contributed by atoms with Gasteiger partial charge in [-0.1, -0.05) is 25.1 Å². The number of amides is 2. The summed E-state index contributed by atoms with van der Waals surface area (Å²) in [4.78, 5) is 14.1. The van der Waals surface area contributed by atoms with Crippen LogP contribution in [0.2, 0.25) is 0 Å². The maximum atomic E-state index is 11.8. The van der Waals surface area contributed by atoms with Gasteiger partial charge >= 0.3 is 6.03 Å². The average Bonchev–Trinajstić information content (AvgIpc) is 2.37. The summed E-state index contributed by atoms with van der Waals surface area (Å²) < 4.78 is 0. The zero-order chi connectivity index (χ0) is 15.0. The molecule has 0 saturated carbocycles. The van der Waals surface area contributed by atoms with Gasteiger partial charge in [0.1, 0.15) is 0 Å². The van der Waals surface area contributed by atoms with Gasteiger partial charge in [-0.2, -0.15) is 0 Å². The largest absolute Gasteiger partial charge is 0.337 e. The standard InChI is InChI=1S/C16H27N3O.BrH/c1-5-12-19(16(2,3)4)13-11-17-15(20)18-14-9-7-6-8-10-14;/h6-10H,5,11-13H2,1-4H3,(H2,17,18,20);1H. The maximum absolute atomic E-state index is 11.8. The molecule has 0 aliphatic heterocycles. The molecule has 4 nitrogen and oxygen atoms in total. The third kappa shape index (κ3) is 8.07. The van der Waals surface area contributed by atoms with Crippen molar-refractivity contribution in [2.45, 2.75) is 39.7 Å². The lowest BCUT2D eigenvalue weighted by atomic mass is 10.1. The number of para-hydroxylation sites is 1. The highest BCUT2D eigenvalue weighted by atomic mass is 79.9. The fourth-order valence-electron chi connectivity index (χ4n) is 2.05. The van der Waals surface area contributed by atoms with Crippen LogP contribution in [0.15, 0.2) is 30.3 Å². The van der Waals surface area contributed by atoms with Crippen molar-refractivity contribution in [3.8, 4) is 0 Å². The molecule has 2 amide bonds. The highest BCUT2D eigenvalue weighted by Gasteiger charge is 2.19. The highest BCUT2D eigenvalue weighted by molar-refractivity contribution is 8.93. The molecule has 0 spiro atoms. The molecule has 21 heavy (non-hydrogen) atoms. The molecule has 0 saturated heterocycles. The molecule has 0 heterocycles. The van der Waals surface area contributed by atoms with E-state index in [-0.39, 0.29) is 28.6 Å². The quantitative estimate of drug-likeness (QED) is 0.810. The molecule has 0 bridgehead atoms. The Bertz CT molecular complexity index is 404. The van der Waals surface area contributed by atoms with Gasteiger partial charge in [-0.15, -0.1) is 17.0 Å². The molecule has 0 aromatic heterocycles. The molecule has 1 rings (SSSR count). The molecule has 1 aromatic rings. The van der Waals surface area contributed by atoms with Crippen LogP contribution in [0.5, 0.6) is 0 Å².